The molecule has 0 unspecified atom stereocenters. The fraction of sp³-hybridized carbons (Fsp3) is 0.0526. The summed E-state index contributed by atoms with van der Waals surface area (Å²) >= 11 is 0. The Labute approximate surface area is 444 Å². The second-order valence-corrected chi connectivity index (χ2v) is 20.9. The summed E-state index contributed by atoms with van der Waals surface area (Å²) in [6.45, 7) is 9.03. The quantitative estimate of drug-likeness (QED) is 0.140. The third-order valence-corrected chi connectivity index (χ3v) is 16.4. The molecule has 14 rings (SSSR count). The van der Waals surface area contributed by atoms with E-state index in [-0.39, 0.29) is 0 Å². The maximum Gasteiger partial charge on any atom is -0.00921 e. The zero-order chi connectivity index (χ0) is 51.0. The highest BCUT2D eigenvalue weighted by Gasteiger charge is 2.22. The lowest BCUT2D eigenvalue weighted by Crippen LogP contribution is -1.94. The molecule has 0 saturated carbocycles. The molecule has 0 saturated heterocycles. The molecule has 0 N–H and O–H groups in total. The summed E-state index contributed by atoms with van der Waals surface area (Å²) in [4.78, 5) is 0. The molecule has 0 heterocycles. The molecule has 0 spiro atoms. The third kappa shape index (κ3) is 7.36. The van der Waals surface area contributed by atoms with Crippen LogP contribution in [0.2, 0.25) is 0 Å². The van der Waals surface area contributed by atoms with Gasteiger partial charge in [-0.05, 0) is 229 Å². The Hall–Kier alpha value is -9.36. The topological polar surface area (TPSA) is 0 Å². The number of rotatable bonds is 7. The summed E-state index contributed by atoms with van der Waals surface area (Å²) < 4.78 is 0. The van der Waals surface area contributed by atoms with Crippen LogP contribution in [0.15, 0.2) is 255 Å². The lowest BCUT2D eigenvalue weighted by Gasteiger charge is -2.20. The van der Waals surface area contributed by atoms with Crippen molar-refractivity contribution >= 4 is 64.6 Å². The first-order valence-electron chi connectivity index (χ1n) is 26.7. The first-order valence-corrected chi connectivity index (χ1v) is 26.7. The maximum absolute atomic E-state index is 2.50. The molecule has 0 aromatic heterocycles. The second kappa shape index (κ2) is 18.2. The van der Waals surface area contributed by atoms with E-state index in [9.17, 15) is 0 Å². The van der Waals surface area contributed by atoms with Crippen molar-refractivity contribution in [2.24, 2.45) is 0 Å². The van der Waals surface area contributed by atoms with E-state index in [0.717, 1.165) is 0 Å². The van der Waals surface area contributed by atoms with E-state index in [1.807, 2.05) is 0 Å². The Morgan fingerprint density at radius 3 is 0.934 bits per heavy atom. The van der Waals surface area contributed by atoms with Crippen LogP contribution < -0.4 is 0 Å². The molecule has 14 aromatic rings. The number of hydrogen-bond donors (Lipinski definition) is 0. The van der Waals surface area contributed by atoms with Crippen LogP contribution in [-0.2, 0) is 0 Å². The van der Waals surface area contributed by atoms with E-state index in [1.165, 1.54) is 165 Å². The number of fused-ring (bicyclic) bond motifs is 10. The van der Waals surface area contributed by atoms with Crippen molar-refractivity contribution < 1.29 is 0 Å². The average Bonchev–Trinajstić information content (AvgIpc) is 3.63. The zero-order valence-electron chi connectivity index (χ0n) is 43.2. The SMILES string of the molecule is Cc1cccc(C)c1-c1cc2c3cc(-c4ccc5c(c4)c(-c4ccccc4-c4ccccc4)cc4c6ccccc6c(-c6ccccc6-c6ccccc6)cc54)ccc3c(-c3c(C)cccc3C)cc2c2ccccc12. The molecule has 14 aromatic carbocycles. The summed E-state index contributed by atoms with van der Waals surface area (Å²) in [6, 6.07) is 95.5. The predicted molar refractivity (Wildman–Crippen MR) is 328 cm³/mol. The summed E-state index contributed by atoms with van der Waals surface area (Å²) in [5.74, 6) is 0. The molecule has 76 heavy (non-hydrogen) atoms. The van der Waals surface area contributed by atoms with E-state index in [4.69, 9.17) is 0 Å². The Morgan fingerprint density at radius 1 is 0.158 bits per heavy atom. The Bertz CT molecular complexity index is 4610. The Balaban J connectivity index is 1.08. The minimum atomic E-state index is 1.18. The molecule has 0 atom stereocenters. The van der Waals surface area contributed by atoms with Gasteiger partial charge in [0, 0.05) is 0 Å². The molecule has 358 valence electrons. The largest absolute Gasteiger partial charge is 0.0622 e. The summed E-state index contributed by atoms with van der Waals surface area (Å²) in [6.07, 6.45) is 0. The standard InChI is InChI=1S/C76H54/c1-47-21-19-22-48(2)75(47)73-46-72-66-42-54(38-40-64(66)74(76-49(3)23-20-24-50(76)4)45-71(72)61-35-17-18-36-62(61)73)53-37-39-63-65(41-53)68(58-32-14-12-30-56(58)52-27-9-6-10-28-52)44-69-60-34-16-15-33-59(60)67(43-70(63)69)57-31-13-11-29-55(57)51-25-7-5-8-26-51/h5-46H,1-4H3. The van der Waals surface area contributed by atoms with Gasteiger partial charge in [0.2, 0.25) is 0 Å². The fourth-order valence-electron chi connectivity index (χ4n) is 12.9. The lowest BCUT2D eigenvalue weighted by molar-refractivity contribution is 1.38. The van der Waals surface area contributed by atoms with Gasteiger partial charge in [-0.25, -0.2) is 0 Å². The first kappa shape index (κ1) is 45.3. The normalized spacial score (nSPS) is 11.7. The van der Waals surface area contributed by atoms with Crippen LogP contribution in [0.5, 0.6) is 0 Å². The van der Waals surface area contributed by atoms with Crippen LogP contribution in [0.1, 0.15) is 22.3 Å². The van der Waals surface area contributed by atoms with Gasteiger partial charge in [0.15, 0.2) is 0 Å². The van der Waals surface area contributed by atoms with Crippen LogP contribution in [0.25, 0.3) is 143 Å². The molecule has 0 radical (unpaired) electrons. The Morgan fingerprint density at radius 2 is 0.461 bits per heavy atom. The van der Waals surface area contributed by atoms with E-state index in [2.05, 4.69) is 282 Å². The number of aryl methyl sites for hydroxylation is 4. The molecule has 0 heteroatoms. The maximum atomic E-state index is 2.50. The molecule has 0 aliphatic heterocycles. The predicted octanol–water partition coefficient (Wildman–Crippen LogP) is 21.5. The molecule has 0 fully saturated rings. The van der Waals surface area contributed by atoms with Gasteiger partial charge in [0.05, 0.1) is 0 Å². The van der Waals surface area contributed by atoms with Crippen molar-refractivity contribution in [3.05, 3.63) is 277 Å². The van der Waals surface area contributed by atoms with Crippen molar-refractivity contribution in [2.45, 2.75) is 27.7 Å². The molecule has 0 aliphatic rings. The van der Waals surface area contributed by atoms with Crippen LogP contribution in [0, 0.1) is 27.7 Å². The van der Waals surface area contributed by atoms with E-state index < -0.39 is 0 Å². The molecular formula is C76H54. The monoisotopic (exact) mass is 966 g/mol. The summed E-state index contributed by atoms with van der Waals surface area (Å²) in [5.41, 5.74) is 22.5. The van der Waals surface area contributed by atoms with Crippen molar-refractivity contribution in [1.82, 2.24) is 0 Å². The van der Waals surface area contributed by atoms with Crippen LogP contribution in [-0.4, -0.2) is 0 Å². The number of hydrogen-bond acceptors (Lipinski definition) is 0. The molecule has 0 aliphatic carbocycles. The van der Waals surface area contributed by atoms with E-state index in [1.54, 1.807) is 0 Å². The minimum Gasteiger partial charge on any atom is -0.0622 e. The molecule has 0 bridgehead atoms. The zero-order valence-corrected chi connectivity index (χ0v) is 43.2. The van der Waals surface area contributed by atoms with Gasteiger partial charge in [0.25, 0.3) is 0 Å². The van der Waals surface area contributed by atoms with Crippen LogP contribution in [0.3, 0.4) is 0 Å². The lowest BCUT2D eigenvalue weighted by atomic mass is 9.83. The summed E-state index contributed by atoms with van der Waals surface area (Å²) in [7, 11) is 0. The van der Waals surface area contributed by atoms with Gasteiger partial charge in [-0.3, -0.25) is 0 Å². The molecule has 0 amide bonds. The van der Waals surface area contributed by atoms with Crippen molar-refractivity contribution in [3.8, 4) is 77.9 Å². The summed E-state index contributed by atoms with van der Waals surface area (Å²) in [5, 5.41) is 15.0. The number of benzene rings is 14. The van der Waals surface area contributed by atoms with E-state index >= 15 is 0 Å². The second-order valence-electron chi connectivity index (χ2n) is 20.9. The van der Waals surface area contributed by atoms with Crippen molar-refractivity contribution in [3.63, 3.8) is 0 Å². The first-order chi connectivity index (χ1) is 37.4. The van der Waals surface area contributed by atoms with E-state index in [0.29, 0.717) is 0 Å². The van der Waals surface area contributed by atoms with Gasteiger partial charge >= 0.3 is 0 Å². The van der Waals surface area contributed by atoms with Crippen LogP contribution >= 0.6 is 0 Å². The molecule has 0 nitrogen and oxygen atoms in total. The minimum absolute atomic E-state index is 1.18. The smallest absolute Gasteiger partial charge is 0.00921 e. The van der Waals surface area contributed by atoms with Gasteiger partial charge in [0.1, 0.15) is 0 Å². The van der Waals surface area contributed by atoms with Gasteiger partial charge in [-0.15, -0.1) is 0 Å². The van der Waals surface area contributed by atoms with Gasteiger partial charge in [-0.2, -0.15) is 0 Å². The van der Waals surface area contributed by atoms with Crippen LogP contribution in [0.4, 0.5) is 0 Å². The Kier molecular flexibility index (Phi) is 10.9. The van der Waals surface area contributed by atoms with Crippen molar-refractivity contribution in [2.75, 3.05) is 0 Å². The highest BCUT2D eigenvalue weighted by atomic mass is 14.2. The van der Waals surface area contributed by atoms with Gasteiger partial charge < -0.3 is 0 Å². The third-order valence-electron chi connectivity index (χ3n) is 16.4. The fourth-order valence-corrected chi connectivity index (χ4v) is 12.9. The highest BCUT2D eigenvalue weighted by molar-refractivity contribution is 6.27. The molecular weight excluding hydrogens is 913 g/mol. The van der Waals surface area contributed by atoms with Gasteiger partial charge in [-0.1, -0.05) is 218 Å². The highest BCUT2D eigenvalue weighted by Crippen LogP contribution is 2.48. The van der Waals surface area contributed by atoms with Crippen molar-refractivity contribution in [1.29, 1.82) is 0 Å². The average molecular weight is 967 g/mol.